The Balaban J connectivity index is 2.07. The summed E-state index contributed by atoms with van der Waals surface area (Å²) >= 11 is 1.76. The highest BCUT2D eigenvalue weighted by atomic mass is 32.1. The lowest BCUT2D eigenvalue weighted by atomic mass is 10.1. The van der Waals surface area contributed by atoms with Gasteiger partial charge in [-0.05, 0) is 30.5 Å². The number of thiophene rings is 1. The molecule has 1 atom stereocenters. The smallest absolute Gasteiger partial charge is 0.0463 e. The molecule has 18 heavy (non-hydrogen) atoms. The van der Waals surface area contributed by atoms with Crippen LogP contribution in [-0.4, -0.2) is 23.7 Å². The Hall–Kier alpha value is -1.16. The zero-order chi connectivity index (χ0) is 12.8. The average molecular weight is 261 g/mol. The van der Waals surface area contributed by atoms with E-state index < -0.39 is 0 Å². The van der Waals surface area contributed by atoms with Crippen molar-refractivity contribution in [2.75, 3.05) is 13.7 Å². The van der Waals surface area contributed by atoms with Gasteiger partial charge in [-0.15, -0.1) is 11.3 Å². The Morgan fingerprint density at radius 3 is 2.56 bits per heavy atom. The minimum Gasteiger partial charge on any atom is -0.396 e. The van der Waals surface area contributed by atoms with Crippen LogP contribution in [0.15, 0.2) is 47.8 Å². The number of hydrogen-bond donors (Lipinski definition) is 1. The van der Waals surface area contributed by atoms with E-state index in [2.05, 4.69) is 53.7 Å². The van der Waals surface area contributed by atoms with Gasteiger partial charge in [0, 0.05) is 24.1 Å². The van der Waals surface area contributed by atoms with Crippen molar-refractivity contribution in [1.82, 2.24) is 4.90 Å². The third-order valence-electron chi connectivity index (χ3n) is 3.08. The average Bonchev–Trinajstić information content (AvgIpc) is 2.90. The minimum atomic E-state index is 0.224. The number of benzene rings is 1. The van der Waals surface area contributed by atoms with Crippen LogP contribution in [0.4, 0.5) is 0 Å². The first-order chi connectivity index (χ1) is 8.81. The topological polar surface area (TPSA) is 23.5 Å². The second-order valence-electron chi connectivity index (χ2n) is 4.44. The first-order valence-corrected chi connectivity index (χ1v) is 7.07. The summed E-state index contributed by atoms with van der Waals surface area (Å²) in [6, 6.07) is 15.0. The highest BCUT2D eigenvalue weighted by Gasteiger charge is 2.17. The Labute approximate surface area is 113 Å². The summed E-state index contributed by atoms with van der Waals surface area (Å²) in [4.78, 5) is 3.62. The van der Waals surface area contributed by atoms with Gasteiger partial charge >= 0.3 is 0 Å². The lowest BCUT2D eigenvalue weighted by Gasteiger charge is -2.26. The van der Waals surface area contributed by atoms with Crippen LogP contribution in [0.25, 0.3) is 0 Å². The van der Waals surface area contributed by atoms with Crippen LogP contribution in [-0.2, 0) is 6.54 Å². The maximum absolute atomic E-state index is 9.23. The summed E-state index contributed by atoms with van der Waals surface area (Å²) in [7, 11) is 2.12. The third-order valence-corrected chi connectivity index (χ3v) is 4.05. The minimum absolute atomic E-state index is 0.224. The van der Waals surface area contributed by atoms with Crippen LogP contribution < -0.4 is 0 Å². The van der Waals surface area contributed by atoms with Crippen LogP contribution in [0.2, 0.25) is 0 Å². The highest BCUT2D eigenvalue weighted by Crippen LogP contribution is 2.28. The van der Waals surface area contributed by atoms with Gasteiger partial charge in [0.25, 0.3) is 0 Å². The van der Waals surface area contributed by atoms with E-state index in [1.54, 1.807) is 11.3 Å². The number of nitrogens with zero attached hydrogens (tertiary/aromatic N) is 1. The molecular weight excluding hydrogens is 242 g/mol. The largest absolute Gasteiger partial charge is 0.396 e. The van der Waals surface area contributed by atoms with Crippen molar-refractivity contribution in [3.8, 4) is 0 Å². The molecule has 0 bridgehead atoms. The molecular formula is C15H19NOS. The Morgan fingerprint density at radius 2 is 1.94 bits per heavy atom. The SMILES string of the molecule is CN(Cc1ccccc1)[C@H](CCO)c1cccs1. The molecule has 3 heteroatoms. The first-order valence-electron chi connectivity index (χ1n) is 6.19. The maximum Gasteiger partial charge on any atom is 0.0463 e. The van der Waals surface area contributed by atoms with E-state index in [1.807, 2.05) is 6.07 Å². The molecule has 1 aromatic heterocycles. The van der Waals surface area contributed by atoms with Gasteiger partial charge < -0.3 is 5.11 Å². The van der Waals surface area contributed by atoms with Crippen molar-refractivity contribution in [3.63, 3.8) is 0 Å². The normalized spacial score (nSPS) is 12.8. The van der Waals surface area contributed by atoms with E-state index in [-0.39, 0.29) is 6.61 Å². The van der Waals surface area contributed by atoms with Crippen molar-refractivity contribution in [2.45, 2.75) is 19.0 Å². The summed E-state index contributed by atoms with van der Waals surface area (Å²) in [5.74, 6) is 0. The number of hydrogen-bond acceptors (Lipinski definition) is 3. The van der Waals surface area contributed by atoms with E-state index in [1.165, 1.54) is 10.4 Å². The van der Waals surface area contributed by atoms with Gasteiger partial charge in [0.05, 0.1) is 0 Å². The molecule has 0 radical (unpaired) electrons. The summed E-state index contributed by atoms with van der Waals surface area (Å²) in [6.45, 7) is 1.13. The molecule has 0 amide bonds. The lowest BCUT2D eigenvalue weighted by Crippen LogP contribution is -2.24. The Kier molecular flexibility index (Phi) is 4.93. The van der Waals surface area contributed by atoms with Gasteiger partial charge in [-0.2, -0.15) is 0 Å². The molecule has 0 aliphatic rings. The fourth-order valence-corrected chi connectivity index (χ4v) is 3.09. The van der Waals surface area contributed by atoms with Crippen molar-refractivity contribution in [1.29, 1.82) is 0 Å². The molecule has 0 aliphatic carbocycles. The molecule has 2 aromatic rings. The van der Waals surface area contributed by atoms with Gasteiger partial charge in [0.1, 0.15) is 0 Å². The number of aliphatic hydroxyl groups excluding tert-OH is 1. The zero-order valence-corrected chi connectivity index (χ0v) is 11.4. The molecule has 0 aliphatic heterocycles. The van der Waals surface area contributed by atoms with Gasteiger partial charge in [0.15, 0.2) is 0 Å². The predicted molar refractivity (Wildman–Crippen MR) is 76.7 cm³/mol. The molecule has 0 saturated heterocycles. The van der Waals surface area contributed by atoms with Crippen LogP contribution in [0.3, 0.4) is 0 Å². The van der Waals surface area contributed by atoms with Crippen LogP contribution in [0.1, 0.15) is 22.9 Å². The summed E-state index contributed by atoms with van der Waals surface area (Å²) in [5.41, 5.74) is 1.31. The second-order valence-corrected chi connectivity index (χ2v) is 5.42. The first kappa shape index (κ1) is 13.3. The van der Waals surface area contributed by atoms with Gasteiger partial charge in [-0.1, -0.05) is 36.4 Å². The Morgan fingerprint density at radius 1 is 1.17 bits per heavy atom. The fraction of sp³-hybridized carbons (Fsp3) is 0.333. The molecule has 96 valence electrons. The summed E-state index contributed by atoms with van der Waals surface area (Å²) in [5, 5.41) is 11.3. The lowest BCUT2D eigenvalue weighted by molar-refractivity contribution is 0.182. The molecule has 0 fully saturated rings. The van der Waals surface area contributed by atoms with Crippen molar-refractivity contribution in [2.24, 2.45) is 0 Å². The molecule has 0 spiro atoms. The van der Waals surface area contributed by atoms with E-state index in [0.717, 1.165) is 13.0 Å². The predicted octanol–water partition coefficient (Wildman–Crippen LogP) is 3.30. The van der Waals surface area contributed by atoms with E-state index >= 15 is 0 Å². The van der Waals surface area contributed by atoms with Crippen molar-refractivity contribution in [3.05, 3.63) is 58.3 Å². The van der Waals surface area contributed by atoms with E-state index in [9.17, 15) is 5.11 Å². The quantitative estimate of drug-likeness (QED) is 0.862. The number of rotatable bonds is 6. The van der Waals surface area contributed by atoms with Gasteiger partial charge in [-0.3, -0.25) is 4.90 Å². The van der Waals surface area contributed by atoms with Crippen LogP contribution in [0.5, 0.6) is 0 Å². The van der Waals surface area contributed by atoms with Crippen molar-refractivity contribution >= 4 is 11.3 Å². The standard InChI is InChI=1S/C15H19NOS/c1-16(12-13-6-3-2-4-7-13)14(9-10-17)15-8-5-11-18-15/h2-8,11,14,17H,9-10,12H2,1H3/t14-/m1/s1. The summed E-state index contributed by atoms with van der Waals surface area (Å²) < 4.78 is 0. The van der Waals surface area contributed by atoms with Crippen LogP contribution >= 0.6 is 11.3 Å². The zero-order valence-electron chi connectivity index (χ0n) is 10.6. The number of aliphatic hydroxyl groups is 1. The van der Waals surface area contributed by atoms with E-state index in [4.69, 9.17) is 0 Å². The maximum atomic E-state index is 9.23. The summed E-state index contributed by atoms with van der Waals surface area (Å²) in [6.07, 6.45) is 0.782. The molecule has 1 N–H and O–H groups in total. The Bertz CT molecular complexity index is 441. The molecule has 0 unspecified atom stereocenters. The third kappa shape index (κ3) is 3.42. The second kappa shape index (κ2) is 6.69. The van der Waals surface area contributed by atoms with Crippen LogP contribution in [0, 0.1) is 0 Å². The molecule has 0 saturated carbocycles. The fourth-order valence-electron chi connectivity index (χ4n) is 2.16. The monoisotopic (exact) mass is 261 g/mol. The molecule has 2 nitrogen and oxygen atoms in total. The van der Waals surface area contributed by atoms with E-state index in [0.29, 0.717) is 6.04 Å². The van der Waals surface area contributed by atoms with Gasteiger partial charge in [0.2, 0.25) is 0 Å². The molecule has 1 heterocycles. The molecule has 2 rings (SSSR count). The van der Waals surface area contributed by atoms with Gasteiger partial charge in [-0.25, -0.2) is 0 Å². The molecule has 1 aromatic carbocycles. The highest BCUT2D eigenvalue weighted by molar-refractivity contribution is 7.10. The van der Waals surface area contributed by atoms with Crippen molar-refractivity contribution < 1.29 is 5.11 Å².